The van der Waals surface area contributed by atoms with Gasteiger partial charge in [-0.2, -0.15) is 15.2 Å². The Hall–Kier alpha value is -3.29. The van der Waals surface area contributed by atoms with Crippen molar-refractivity contribution in [1.29, 1.82) is 5.26 Å². The number of anilines is 1. The van der Waals surface area contributed by atoms with Gasteiger partial charge in [-0.05, 0) is 68.8 Å². The van der Waals surface area contributed by atoms with Gasteiger partial charge in [0.05, 0.1) is 24.2 Å². The Morgan fingerprint density at radius 3 is 2.74 bits per heavy atom. The summed E-state index contributed by atoms with van der Waals surface area (Å²) in [5.41, 5.74) is 2.30. The predicted molar refractivity (Wildman–Crippen MR) is 160 cm³/mol. The summed E-state index contributed by atoms with van der Waals surface area (Å²) in [6, 6.07) is 7.67. The summed E-state index contributed by atoms with van der Waals surface area (Å²) in [4.78, 5) is 27.8. The Labute approximate surface area is 256 Å². The fourth-order valence-corrected chi connectivity index (χ4v) is 7.96. The molecule has 2 aliphatic carbocycles. The van der Waals surface area contributed by atoms with Crippen molar-refractivity contribution in [1.82, 2.24) is 19.8 Å². The molecule has 2 saturated heterocycles. The summed E-state index contributed by atoms with van der Waals surface area (Å²) in [6.07, 6.45) is 3.26. The first-order chi connectivity index (χ1) is 20.8. The first-order valence-corrected chi connectivity index (χ1v) is 15.6. The number of ether oxygens (including phenoxy) is 1. The van der Waals surface area contributed by atoms with Gasteiger partial charge >= 0.3 is 6.01 Å². The molecule has 228 valence electrons. The Kier molecular flexibility index (Phi) is 8.31. The van der Waals surface area contributed by atoms with E-state index in [1.165, 1.54) is 4.90 Å². The topological polar surface area (TPSA) is 85.6 Å². The van der Waals surface area contributed by atoms with Crippen molar-refractivity contribution in [2.45, 2.75) is 75.5 Å². The first-order valence-electron chi connectivity index (χ1n) is 15.2. The molecule has 1 aromatic heterocycles. The van der Waals surface area contributed by atoms with Crippen LogP contribution < -0.4 is 9.64 Å². The van der Waals surface area contributed by atoms with Crippen LogP contribution >= 0.6 is 11.6 Å². The molecule has 2 aliphatic heterocycles. The quantitative estimate of drug-likeness (QED) is 0.396. The van der Waals surface area contributed by atoms with E-state index in [-0.39, 0.29) is 31.6 Å². The van der Waals surface area contributed by atoms with Crippen LogP contribution in [0.2, 0.25) is 5.02 Å². The number of fused-ring (bicyclic) bond motifs is 3. The zero-order valence-corrected chi connectivity index (χ0v) is 25.3. The van der Waals surface area contributed by atoms with Crippen LogP contribution in [0.15, 0.2) is 30.6 Å². The molecule has 0 bridgehead atoms. The zero-order valence-electron chi connectivity index (χ0n) is 24.5. The first kappa shape index (κ1) is 29.8. The molecule has 1 spiro atoms. The number of piperazine rings is 1. The van der Waals surface area contributed by atoms with E-state index in [1.54, 1.807) is 0 Å². The molecule has 4 atom stereocenters. The number of aromatic nitrogens is 2. The number of alkyl halides is 1. The largest absolute Gasteiger partial charge is 0.462 e. The van der Waals surface area contributed by atoms with Gasteiger partial charge in [0.2, 0.25) is 0 Å². The molecular weight excluding hydrogens is 574 g/mol. The minimum absolute atomic E-state index is 0.0209. The zero-order chi connectivity index (χ0) is 30.3. The van der Waals surface area contributed by atoms with E-state index in [0.29, 0.717) is 55.4 Å². The second-order valence-corrected chi connectivity index (χ2v) is 12.5. The van der Waals surface area contributed by atoms with Crippen molar-refractivity contribution >= 4 is 23.3 Å². The van der Waals surface area contributed by atoms with E-state index in [1.807, 2.05) is 23.1 Å². The average Bonchev–Trinajstić information content (AvgIpc) is 3.63. The summed E-state index contributed by atoms with van der Waals surface area (Å²) in [5.74, 6) is -1.30. The molecule has 1 unspecified atom stereocenters. The van der Waals surface area contributed by atoms with Gasteiger partial charge in [0.15, 0.2) is 12.0 Å². The number of likely N-dealkylation sites (N-methyl/N-ethyl adjacent to an activating group) is 1. The summed E-state index contributed by atoms with van der Waals surface area (Å²) in [7, 11) is 0. The predicted octanol–water partition coefficient (Wildman–Crippen LogP) is 5.25. The lowest BCUT2D eigenvalue weighted by atomic mass is 9.68. The normalized spacial score (nSPS) is 26.7. The molecule has 3 heterocycles. The molecule has 0 radical (unpaired) electrons. The number of halogens is 3. The standard InChI is InChI=1S/C32H37ClF2N6O2/c1-3-39-15-5-6-22(39)19-43-31-37-27-24(10-13-32(28(27)35)12-9-23-25(32)7-4-8-26(23)33)29(38-31)40-16-17-41(30(42)20(2)34)21(18-40)11-14-36/h4,7-8,21-22,28H,2-3,5-6,9-13,15-19H2,1H3/t21-,22-,28?,32+/m0/s1. The van der Waals surface area contributed by atoms with Crippen LogP contribution in [0.1, 0.15) is 67.6 Å². The van der Waals surface area contributed by atoms with Crippen LogP contribution in [0.25, 0.3) is 0 Å². The summed E-state index contributed by atoms with van der Waals surface area (Å²) >= 11 is 6.53. The van der Waals surface area contributed by atoms with Gasteiger partial charge < -0.3 is 14.5 Å². The van der Waals surface area contributed by atoms with Gasteiger partial charge in [-0.15, -0.1) is 0 Å². The third kappa shape index (κ3) is 5.25. The number of hydrogen-bond acceptors (Lipinski definition) is 7. The Morgan fingerprint density at radius 1 is 1.21 bits per heavy atom. The van der Waals surface area contributed by atoms with Gasteiger partial charge in [0, 0.05) is 41.7 Å². The summed E-state index contributed by atoms with van der Waals surface area (Å²) in [6.45, 7) is 8.42. The van der Waals surface area contributed by atoms with Crippen molar-refractivity contribution in [3.63, 3.8) is 0 Å². The van der Waals surface area contributed by atoms with Crippen LogP contribution in [-0.4, -0.2) is 77.1 Å². The molecule has 8 nitrogen and oxygen atoms in total. The van der Waals surface area contributed by atoms with Gasteiger partial charge in [-0.3, -0.25) is 9.69 Å². The van der Waals surface area contributed by atoms with Crippen LogP contribution in [0.4, 0.5) is 14.6 Å². The van der Waals surface area contributed by atoms with E-state index in [2.05, 4.69) is 24.5 Å². The van der Waals surface area contributed by atoms with E-state index in [9.17, 15) is 14.4 Å². The third-order valence-electron chi connectivity index (χ3n) is 9.93. The van der Waals surface area contributed by atoms with E-state index >= 15 is 4.39 Å². The second-order valence-electron chi connectivity index (χ2n) is 12.1. The Balaban J connectivity index is 1.37. The number of likely N-dealkylation sites (tertiary alicyclic amines) is 1. The highest BCUT2D eigenvalue weighted by Crippen LogP contribution is 2.56. The number of carbonyl (C=O) groups is 1. The second kappa shape index (κ2) is 12.0. The molecule has 43 heavy (non-hydrogen) atoms. The SMILES string of the molecule is C=C(F)C(=O)N1CCN(c2nc(OC[C@@H]3CCCN3CC)nc3c2CC[C@@]2(CCc4c(Cl)cccc42)C3F)C[C@@H]1CC#N. The van der Waals surface area contributed by atoms with E-state index in [0.717, 1.165) is 42.6 Å². The fraction of sp³-hybridized carbons (Fsp3) is 0.562. The Bertz CT molecular complexity index is 1470. The molecule has 0 N–H and O–H groups in total. The Morgan fingerprint density at radius 2 is 2.00 bits per heavy atom. The molecule has 1 amide bonds. The molecule has 4 aliphatic rings. The van der Waals surface area contributed by atoms with Crippen molar-refractivity contribution in [3.8, 4) is 12.1 Å². The van der Waals surface area contributed by atoms with Crippen LogP contribution in [0.5, 0.6) is 6.01 Å². The number of hydrogen-bond donors (Lipinski definition) is 0. The van der Waals surface area contributed by atoms with Crippen molar-refractivity contribution in [2.75, 3.05) is 44.2 Å². The van der Waals surface area contributed by atoms with E-state index in [4.69, 9.17) is 26.3 Å². The van der Waals surface area contributed by atoms with Gasteiger partial charge in [0.25, 0.3) is 5.91 Å². The minimum atomic E-state index is -1.38. The lowest BCUT2D eigenvalue weighted by molar-refractivity contribution is -0.131. The maximum atomic E-state index is 17.0. The maximum absolute atomic E-state index is 17.0. The van der Waals surface area contributed by atoms with Crippen LogP contribution in [0, 0.1) is 11.3 Å². The molecular formula is C32H37ClF2N6O2. The highest BCUT2D eigenvalue weighted by atomic mass is 35.5. The van der Waals surface area contributed by atoms with Gasteiger partial charge in [0.1, 0.15) is 12.4 Å². The van der Waals surface area contributed by atoms with Crippen LogP contribution in [-0.2, 0) is 23.1 Å². The number of rotatable bonds is 7. The highest BCUT2D eigenvalue weighted by molar-refractivity contribution is 6.31. The van der Waals surface area contributed by atoms with Crippen molar-refractivity contribution < 1.29 is 18.3 Å². The third-order valence-corrected chi connectivity index (χ3v) is 10.3. The summed E-state index contributed by atoms with van der Waals surface area (Å²) < 4.78 is 37.0. The molecule has 2 aromatic rings. The van der Waals surface area contributed by atoms with Crippen molar-refractivity contribution in [3.05, 3.63) is 58.0 Å². The molecule has 6 rings (SSSR count). The number of benzene rings is 1. The van der Waals surface area contributed by atoms with Gasteiger partial charge in [-0.25, -0.2) is 8.78 Å². The summed E-state index contributed by atoms with van der Waals surface area (Å²) in [5, 5.41) is 10.2. The fourth-order valence-electron chi connectivity index (χ4n) is 7.69. The maximum Gasteiger partial charge on any atom is 0.318 e. The number of amides is 1. The molecule has 0 saturated carbocycles. The van der Waals surface area contributed by atoms with E-state index < -0.39 is 29.4 Å². The minimum Gasteiger partial charge on any atom is -0.462 e. The molecule has 11 heteroatoms. The number of carbonyl (C=O) groups excluding carboxylic acids is 1. The monoisotopic (exact) mass is 610 g/mol. The number of nitriles is 1. The lowest BCUT2D eigenvalue weighted by Crippen LogP contribution is -2.55. The van der Waals surface area contributed by atoms with Crippen LogP contribution in [0.3, 0.4) is 0 Å². The molecule has 2 fully saturated rings. The average molecular weight is 611 g/mol. The number of nitrogens with zero attached hydrogens (tertiary/aromatic N) is 6. The smallest absolute Gasteiger partial charge is 0.318 e. The highest BCUT2D eigenvalue weighted by Gasteiger charge is 2.51. The van der Waals surface area contributed by atoms with Gasteiger partial charge in [-0.1, -0.05) is 37.2 Å². The van der Waals surface area contributed by atoms with Crippen molar-refractivity contribution in [2.24, 2.45) is 0 Å². The molecule has 1 aromatic carbocycles. The lowest BCUT2D eigenvalue weighted by Gasteiger charge is -2.43.